The second-order valence-corrected chi connectivity index (χ2v) is 4.71. The quantitative estimate of drug-likeness (QED) is 0.723. The summed E-state index contributed by atoms with van der Waals surface area (Å²) in [5.41, 5.74) is 1.53. The molecular weight excluding hydrogens is 246 g/mol. The molecule has 2 unspecified atom stereocenters. The minimum atomic E-state index is -2.57. The van der Waals surface area contributed by atoms with Crippen LogP contribution in [-0.4, -0.2) is 6.43 Å². The van der Waals surface area contributed by atoms with E-state index in [2.05, 4.69) is 0 Å². The van der Waals surface area contributed by atoms with Gasteiger partial charge in [0.1, 0.15) is 17.7 Å². The van der Waals surface area contributed by atoms with Crippen LogP contribution in [0.25, 0.3) is 5.57 Å². The van der Waals surface area contributed by atoms with E-state index in [0.29, 0.717) is 12.0 Å². The van der Waals surface area contributed by atoms with Crippen molar-refractivity contribution in [3.8, 4) is 12.1 Å². The molecule has 0 N–H and O–H groups in total. The SMILES string of the molecule is CC1Cc2ccccc2C(=C(C#N)C#N)C1C(F)F. The Labute approximate surface area is 110 Å². The van der Waals surface area contributed by atoms with Crippen molar-refractivity contribution in [3.05, 3.63) is 41.0 Å². The lowest BCUT2D eigenvalue weighted by molar-refractivity contribution is 0.0767. The van der Waals surface area contributed by atoms with Crippen LogP contribution in [0.4, 0.5) is 8.78 Å². The van der Waals surface area contributed by atoms with Crippen molar-refractivity contribution >= 4 is 5.57 Å². The molecule has 0 fully saturated rings. The van der Waals surface area contributed by atoms with Gasteiger partial charge in [-0.1, -0.05) is 31.2 Å². The van der Waals surface area contributed by atoms with Crippen molar-refractivity contribution in [2.24, 2.45) is 11.8 Å². The smallest absolute Gasteiger partial charge is 0.210 e. The summed E-state index contributed by atoms with van der Waals surface area (Å²) >= 11 is 0. The number of benzene rings is 1. The lowest BCUT2D eigenvalue weighted by atomic mass is 9.72. The van der Waals surface area contributed by atoms with Gasteiger partial charge in [-0.15, -0.1) is 0 Å². The van der Waals surface area contributed by atoms with Crippen LogP contribution in [0.2, 0.25) is 0 Å². The summed E-state index contributed by atoms with van der Waals surface area (Å²) in [4.78, 5) is 0. The van der Waals surface area contributed by atoms with E-state index in [-0.39, 0.29) is 17.1 Å². The van der Waals surface area contributed by atoms with Crippen molar-refractivity contribution in [1.29, 1.82) is 10.5 Å². The number of rotatable bonds is 1. The number of allylic oxidation sites excluding steroid dienone is 2. The number of fused-ring (bicyclic) bond motifs is 1. The predicted molar refractivity (Wildman–Crippen MR) is 67.0 cm³/mol. The van der Waals surface area contributed by atoms with Crippen LogP contribution in [0.3, 0.4) is 0 Å². The molecule has 0 saturated carbocycles. The van der Waals surface area contributed by atoms with Gasteiger partial charge in [0.2, 0.25) is 6.43 Å². The maximum atomic E-state index is 13.3. The van der Waals surface area contributed by atoms with E-state index in [9.17, 15) is 8.78 Å². The van der Waals surface area contributed by atoms with E-state index in [4.69, 9.17) is 10.5 Å². The number of alkyl halides is 2. The Hall–Kier alpha value is -2.20. The normalized spacial score (nSPS) is 21.5. The second-order valence-electron chi connectivity index (χ2n) is 4.71. The van der Waals surface area contributed by atoms with Crippen molar-refractivity contribution in [2.75, 3.05) is 0 Å². The fourth-order valence-electron chi connectivity index (χ4n) is 2.72. The molecule has 2 rings (SSSR count). The lowest BCUT2D eigenvalue weighted by Crippen LogP contribution is -2.28. The maximum absolute atomic E-state index is 13.3. The highest BCUT2D eigenvalue weighted by Crippen LogP contribution is 2.43. The Morgan fingerprint density at radius 2 is 1.89 bits per heavy atom. The second kappa shape index (κ2) is 5.20. The Balaban J connectivity index is 2.73. The molecule has 0 amide bonds. The molecule has 1 aromatic rings. The first-order chi connectivity index (χ1) is 9.10. The van der Waals surface area contributed by atoms with Crippen LogP contribution >= 0.6 is 0 Å². The minimum absolute atomic E-state index is 0.203. The van der Waals surface area contributed by atoms with Crippen molar-refractivity contribution in [1.82, 2.24) is 0 Å². The van der Waals surface area contributed by atoms with Gasteiger partial charge in [-0.3, -0.25) is 0 Å². The average molecular weight is 258 g/mol. The van der Waals surface area contributed by atoms with Crippen LogP contribution in [-0.2, 0) is 6.42 Å². The van der Waals surface area contributed by atoms with E-state index < -0.39 is 12.3 Å². The zero-order valence-electron chi connectivity index (χ0n) is 10.4. The van der Waals surface area contributed by atoms with Gasteiger partial charge in [0.25, 0.3) is 0 Å². The monoisotopic (exact) mass is 258 g/mol. The van der Waals surface area contributed by atoms with Gasteiger partial charge in [-0.25, -0.2) is 8.78 Å². The molecule has 4 heteroatoms. The molecule has 0 bridgehead atoms. The molecule has 1 aliphatic carbocycles. The molecule has 1 aliphatic rings. The topological polar surface area (TPSA) is 47.6 Å². The average Bonchev–Trinajstić information content (AvgIpc) is 2.39. The molecule has 0 aromatic heterocycles. The summed E-state index contributed by atoms with van der Waals surface area (Å²) in [5.74, 6) is -1.34. The van der Waals surface area contributed by atoms with E-state index in [0.717, 1.165) is 5.56 Å². The zero-order chi connectivity index (χ0) is 14.0. The standard InChI is InChI=1S/C15H12F2N2/c1-9-6-10-4-2-3-5-12(10)14(11(7-18)8-19)13(9)15(16)17/h2-5,9,13,15H,6H2,1H3. The van der Waals surface area contributed by atoms with Crippen LogP contribution in [0.15, 0.2) is 29.8 Å². The number of nitrogens with zero attached hydrogens (tertiary/aromatic N) is 2. The van der Waals surface area contributed by atoms with E-state index in [1.807, 2.05) is 12.1 Å². The summed E-state index contributed by atoms with van der Waals surface area (Å²) in [7, 11) is 0. The molecule has 1 aromatic carbocycles. The largest absolute Gasteiger partial charge is 0.245 e. The fourth-order valence-corrected chi connectivity index (χ4v) is 2.72. The molecule has 0 spiro atoms. The van der Waals surface area contributed by atoms with Gasteiger partial charge in [0, 0.05) is 0 Å². The fraction of sp³-hybridized carbons (Fsp3) is 0.333. The van der Waals surface area contributed by atoms with Gasteiger partial charge in [0.15, 0.2) is 0 Å². The van der Waals surface area contributed by atoms with Gasteiger partial charge in [-0.2, -0.15) is 10.5 Å². The number of halogens is 2. The van der Waals surface area contributed by atoms with E-state index in [1.54, 1.807) is 31.2 Å². The number of hydrogen-bond donors (Lipinski definition) is 0. The summed E-state index contributed by atoms with van der Waals surface area (Å²) in [6, 6.07) is 10.7. The summed E-state index contributed by atoms with van der Waals surface area (Å²) in [6.45, 7) is 1.74. The van der Waals surface area contributed by atoms with Gasteiger partial charge in [-0.05, 0) is 29.0 Å². The third kappa shape index (κ3) is 2.22. The molecule has 19 heavy (non-hydrogen) atoms. The third-order valence-electron chi connectivity index (χ3n) is 3.56. The molecule has 2 atom stereocenters. The highest BCUT2D eigenvalue weighted by atomic mass is 19.3. The first-order valence-electron chi connectivity index (χ1n) is 6.01. The predicted octanol–water partition coefficient (Wildman–Crippen LogP) is 3.56. The molecule has 2 nitrogen and oxygen atoms in total. The first kappa shape index (κ1) is 13.2. The number of hydrogen-bond acceptors (Lipinski definition) is 2. The molecular formula is C15H12F2N2. The van der Waals surface area contributed by atoms with Gasteiger partial charge < -0.3 is 0 Å². The summed E-state index contributed by atoms with van der Waals surface area (Å²) < 4.78 is 26.6. The summed E-state index contributed by atoms with van der Waals surface area (Å²) in [6.07, 6.45) is -2.03. The van der Waals surface area contributed by atoms with Crippen LogP contribution in [0, 0.1) is 34.5 Å². The van der Waals surface area contributed by atoms with Crippen molar-refractivity contribution in [2.45, 2.75) is 19.8 Å². The minimum Gasteiger partial charge on any atom is -0.210 e. The highest BCUT2D eigenvalue weighted by molar-refractivity contribution is 5.80. The molecule has 96 valence electrons. The van der Waals surface area contributed by atoms with E-state index in [1.165, 1.54) is 0 Å². The lowest BCUT2D eigenvalue weighted by Gasteiger charge is -2.32. The number of nitriles is 2. The van der Waals surface area contributed by atoms with E-state index >= 15 is 0 Å². The molecule has 0 saturated heterocycles. The Bertz CT molecular complexity index is 589. The van der Waals surface area contributed by atoms with Crippen molar-refractivity contribution < 1.29 is 8.78 Å². The zero-order valence-corrected chi connectivity index (χ0v) is 10.4. The Morgan fingerprint density at radius 3 is 2.47 bits per heavy atom. The van der Waals surface area contributed by atoms with Crippen LogP contribution in [0.5, 0.6) is 0 Å². The molecule has 0 aliphatic heterocycles. The Kier molecular flexibility index (Phi) is 3.62. The highest BCUT2D eigenvalue weighted by Gasteiger charge is 2.37. The van der Waals surface area contributed by atoms with Gasteiger partial charge >= 0.3 is 0 Å². The molecule has 0 radical (unpaired) electrons. The van der Waals surface area contributed by atoms with Gasteiger partial charge in [0.05, 0.1) is 5.92 Å². The van der Waals surface area contributed by atoms with Crippen LogP contribution < -0.4 is 0 Å². The third-order valence-corrected chi connectivity index (χ3v) is 3.56. The first-order valence-corrected chi connectivity index (χ1v) is 6.01. The van der Waals surface area contributed by atoms with Crippen molar-refractivity contribution in [3.63, 3.8) is 0 Å². The maximum Gasteiger partial charge on any atom is 0.245 e. The Morgan fingerprint density at radius 1 is 1.26 bits per heavy atom. The molecule has 0 heterocycles. The summed E-state index contributed by atoms with van der Waals surface area (Å²) in [5, 5.41) is 18.0. The van der Waals surface area contributed by atoms with Crippen LogP contribution in [0.1, 0.15) is 18.1 Å².